The van der Waals surface area contributed by atoms with Gasteiger partial charge in [-0.2, -0.15) is 13.2 Å². The molecule has 0 amide bonds. The smallest absolute Gasteiger partial charge is 0.416 e. The third-order valence-corrected chi connectivity index (χ3v) is 7.34. The van der Waals surface area contributed by atoms with Gasteiger partial charge in [-0.15, -0.1) is 0 Å². The Kier molecular flexibility index (Phi) is 8.44. The molecule has 3 rings (SSSR count). The zero-order valence-corrected chi connectivity index (χ0v) is 22.2. The Labute approximate surface area is 215 Å². The minimum absolute atomic E-state index is 0.114. The van der Waals surface area contributed by atoms with Crippen molar-refractivity contribution in [1.29, 1.82) is 0 Å². The first-order chi connectivity index (χ1) is 17.1. The molecule has 1 aliphatic rings. The molecule has 2 aromatic rings. The average molecular weight is 540 g/mol. The van der Waals surface area contributed by atoms with E-state index < -0.39 is 43.9 Å². The molecule has 202 valence electrons. The van der Waals surface area contributed by atoms with E-state index in [1.165, 1.54) is 13.0 Å². The molecule has 0 radical (unpaired) electrons. The normalized spacial score (nSPS) is 16.1. The lowest BCUT2D eigenvalue weighted by molar-refractivity contribution is -0.157. The van der Waals surface area contributed by atoms with Gasteiger partial charge < -0.3 is 9.47 Å². The van der Waals surface area contributed by atoms with Crippen LogP contribution in [-0.2, 0) is 32.0 Å². The molecular formula is C27H32F3NO5S. The highest BCUT2D eigenvalue weighted by atomic mass is 32.2. The van der Waals surface area contributed by atoms with Gasteiger partial charge in [0.05, 0.1) is 10.5 Å². The van der Waals surface area contributed by atoms with Crippen LogP contribution in [0.3, 0.4) is 0 Å². The summed E-state index contributed by atoms with van der Waals surface area (Å²) in [6, 6.07) is 7.75. The number of nitrogens with one attached hydrogen (secondary N) is 1. The number of ether oxygens (including phenoxy) is 2. The first-order valence-corrected chi connectivity index (χ1v) is 13.5. The lowest BCUT2D eigenvalue weighted by Gasteiger charge is -2.28. The number of alkyl halides is 3. The number of hydrogen-bond donors (Lipinski definition) is 1. The third kappa shape index (κ3) is 7.58. The van der Waals surface area contributed by atoms with Crippen molar-refractivity contribution < 1.29 is 35.9 Å². The van der Waals surface area contributed by atoms with Crippen LogP contribution in [0, 0.1) is 0 Å². The Morgan fingerprint density at radius 1 is 1.16 bits per heavy atom. The van der Waals surface area contributed by atoms with Crippen LogP contribution in [0.4, 0.5) is 13.2 Å². The maximum Gasteiger partial charge on any atom is 0.416 e. The molecule has 1 aliphatic carbocycles. The SMILES string of the molecule is C=C(C)c1cc(C(F)(F)F)cc(S(=O)(=O)CN[C@@H]2CCCc3c(OCC(=O)OC(C)(C)C)cccc32)c1. The van der Waals surface area contributed by atoms with Crippen molar-refractivity contribution in [2.24, 2.45) is 0 Å². The fraction of sp³-hybridized carbons (Fsp3) is 0.444. The van der Waals surface area contributed by atoms with Crippen LogP contribution in [-0.4, -0.2) is 32.5 Å². The van der Waals surface area contributed by atoms with E-state index in [1.54, 1.807) is 32.9 Å². The van der Waals surface area contributed by atoms with Crippen molar-refractivity contribution >= 4 is 21.4 Å². The number of halogens is 3. The van der Waals surface area contributed by atoms with E-state index in [4.69, 9.17) is 9.47 Å². The van der Waals surface area contributed by atoms with E-state index in [-0.39, 0.29) is 18.2 Å². The molecular weight excluding hydrogens is 507 g/mol. The zero-order valence-electron chi connectivity index (χ0n) is 21.4. The number of esters is 1. The predicted molar refractivity (Wildman–Crippen MR) is 135 cm³/mol. The number of allylic oxidation sites excluding steroid dienone is 1. The summed E-state index contributed by atoms with van der Waals surface area (Å²) in [5.74, 6) is -0.532. The highest BCUT2D eigenvalue weighted by molar-refractivity contribution is 7.91. The third-order valence-electron chi connectivity index (χ3n) is 5.84. The van der Waals surface area contributed by atoms with Gasteiger partial charge in [0, 0.05) is 6.04 Å². The number of fused-ring (bicyclic) bond motifs is 1. The molecule has 0 saturated heterocycles. The summed E-state index contributed by atoms with van der Waals surface area (Å²) in [6.45, 7) is 10.2. The average Bonchev–Trinajstić information content (AvgIpc) is 2.79. The fourth-order valence-electron chi connectivity index (χ4n) is 4.15. The summed E-state index contributed by atoms with van der Waals surface area (Å²) in [5.41, 5.74) is 0.452. The summed E-state index contributed by atoms with van der Waals surface area (Å²) in [5, 5.41) is 3.01. The second-order valence-electron chi connectivity index (χ2n) is 10.1. The van der Waals surface area contributed by atoms with Crippen LogP contribution in [0.5, 0.6) is 5.75 Å². The molecule has 0 fully saturated rings. The van der Waals surface area contributed by atoms with Crippen molar-refractivity contribution in [3.05, 3.63) is 65.2 Å². The first kappa shape index (κ1) is 28.7. The van der Waals surface area contributed by atoms with Gasteiger partial charge in [-0.05, 0) is 87.9 Å². The summed E-state index contributed by atoms with van der Waals surface area (Å²) >= 11 is 0. The largest absolute Gasteiger partial charge is 0.482 e. The van der Waals surface area contributed by atoms with Crippen molar-refractivity contribution in [1.82, 2.24) is 5.32 Å². The van der Waals surface area contributed by atoms with Crippen LogP contribution in [0.1, 0.15) is 68.8 Å². The van der Waals surface area contributed by atoms with E-state index in [9.17, 15) is 26.4 Å². The lowest BCUT2D eigenvalue weighted by Crippen LogP contribution is -2.31. The Balaban J connectivity index is 1.79. The first-order valence-electron chi connectivity index (χ1n) is 11.9. The number of hydrogen-bond acceptors (Lipinski definition) is 6. The number of benzene rings is 2. The molecule has 2 aromatic carbocycles. The molecule has 0 spiro atoms. The predicted octanol–water partition coefficient (Wildman–Crippen LogP) is 5.86. The van der Waals surface area contributed by atoms with E-state index in [2.05, 4.69) is 11.9 Å². The topological polar surface area (TPSA) is 81.7 Å². The van der Waals surface area contributed by atoms with Gasteiger partial charge in [-0.1, -0.05) is 24.3 Å². The maximum absolute atomic E-state index is 13.4. The van der Waals surface area contributed by atoms with Gasteiger partial charge in [-0.25, -0.2) is 13.2 Å². The summed E-state index contributed by atoms with van der Waals surface area (Å²) < 4.78 is 77.3. The molecule has 0 saturated carbocycles. The highest BCUT2D eigenvalue weighted by Crippen LogP contribution is 2.36. The minimum atomic E-state index is -4.69. The standard InChI is InChI=1S/C27H32F3NO5S/c1-17(2)18-12-19(27(28,29)30)14-20(13-18)37(33,34)16-31-23-10-6-9-22-21(23)8-7-11-24(22)35-15-25(32)36-26(3,4)5/h7-8,11-14,23,31H,1,6,9-10,15-16H2,2-5H3/t23-/m1/s1. The van der Waals surface area contributed by atoms with Crippen LogP contribution < -0.4 is 10.1 Å². The Bertz CT molecular complexity index is 1280. The second kappa shape index (κ2) is 10.9. The molecule has 1 atom stereocenters. The second-order valence-corrected chi connectivity index (χ2v) is 12.1. The fourth-order valence-corrected chi connectivity index (χ4v) is 5.35. The van der Waals surface area contributed by atoms with E-state index in [0.29, 0.717) is 30.2 Å². The zero-order chi connectivity index (χ0) is 27.6. The number of rotatable bonds is 8. The van der Waals surface area contributed by atoms with Gasteiger partial charge >= 0.3 is 12.1 Å². The molecule has 0 bridgehead atoms. The molecule has 10 heteroatoms. The molecule has 0 heterocycles. The van der Waals surface area contributed by atoms with Gasteiger partial charge in [0.2, 0.25) is 0 Å². The van der Waals surface area contributed by atoms with E-state index in [0.717, 1.165) is 23.6 Å². The van der Waals surface area contributed by atoms with Crippen LogP contribution in [0.25, 0.3) is 5.57 Å². The summed E-state index contributed by atoms with van der Waals surface area (Å²) in [6.07, 6.45) is -2.64. The number of carbonyl (C=O) groups is 1. The quantitative estimate of drug-likeness (QED) is 0.424. The van der Waals surface area contributed by atoms with Crippen LogP contribution in [0.15, 0.2) is 47.9 Å². The Morgan fingerprint density at radius 3 is 2.49 bits per heavy atom. The number of sulfone groups is 1. The van der Waals surface area contributed by atoms with Gasteiger partial charge in [0.1, 0.15) is 17.2 Å². The molecule has 0 aliphatic heterocycles. The van der Waals surface area contributed by atoms with Crippen molar-refractivity contribution in [2.75, 3.05) is 12.5 Å². The molecule has 0 aromatic heterocycles. The minimum Gasteiger partial charge on any atom is -0.482 e. The van der Waals surface area contributed by atoms with Crippen molar-refractivity contribution in [2.45, 2.75) is 69.7 Å². The Morgan fingerprint density at radius 2 is 1.86 bits per heavy atom. The van der Waals surface area contributed by atoms with Crippen molar-refractivity contribution in [3.8, 4) is 5.75 Å². The molecule has 6 nitrogen and oxygen atoms in total. The summed E-state index contributed by atoms with van der Waals surface area (Å²) in [4.78, 5) is 11.6. The van der Waals surface area contributed by atoms with Crippen LogP contribution in [0.2, 0.25) is 0 Å². The monoisotopic (exact) mass is 539 g/mol. The van der Waals surface area contributed by atoms with E-state index in [1.807, 2.05) is 6.07 Å². The van der Waals surface area contributed by atoms with Gasteiger partial charge in [-0.3, -0.25) is 5.32 Å². The molecule has 37 heavy (non-hydrogen) atoms. The molecule has 0 unspecified atom stereocenters. The van der Waals surface area contributed by atoms with Crippen molar-refractivity contribution in [3.63, 3.8) is 0 Å². The van der Waals surface area contributed by atoms with Crippen LogP contribution >= 0.6 is 0 Å². The Hall–Kier alpha value is -2.85. The molecule has 1 N–H and O–H groups in total. The summed E-state index contributed by atoms with van der Waals surface area (Å²) in [7, 11) is -4.09. The lowest BCUT2D eigenvalue weighted by atomic mass is 9.87. The van der Waals surface area contributed by atoms with Gasteiger partial charge in [0.15, 0.2) is 16.4 Å². The van der Waals surface area contributed by atoms with Gasteiger partial charge in [0.25, 0.3) is 0 Å². The number of carbonyl (C=O) groups excluding carboxylic acids is 1. The maximum atomic E-state index is 13.4. The van der Waals surface area contributed by atoms with E-state index >= 15 is 0 Å². The highest BCUT2D eigenvalue weighted by Gasteiger charge is 2.33.